The molecular formula is C20H24N2O4. The van der Waals surface area contributed by atoms with Gasteiger partial charge < -0.3 is 14.7 Å². The van der Waals surface area contributed by atoms with Crippen LogP contribution < -0.4 is 4.74 Å². The predicted molar refractivity (Wildman–Crippen MR) is 99.3 cm³/mol. The normalized spacial score (nSPS) is 16.9. The molecule has 1 heterocycles. The molecule has 6 heteroatoms. The molecule has 2 aromatic rings. The number of ether oxygens (including phenoxy) is 1. The fraction of sp³-hybridized carbons (Fsp3) is 0.400. The second-order valence-electron chi connectivity index (χ2n) is 6.61. The van der Waals surface area contributed by atoms with E-state index in [4.69, 9.17) is 4.74 Å². The highest BCUT2D eigenvalue weighted by molar-refractivity contribution is 5.86. The van der Waals surface area contributed by atoms with Crippen LogP contribution in [0.2, 0.25) is 0 Å². The topological polar surface area (TPSA) is 70.1 Å². The number of benzene rings is 2. The van der Waals surface area contributed by atoms with E-state index < -0.39 is 12.0 Å². The Hall–Kier alpha value is -2.60. The zero-order valence-electron chi connectivity index (χ0n) is 15.1. The van der Waals surface area contributed by atoms with Gasteiger partial charge in [-0.1, -0.05) is 18.2 Å². The molecule has 0 aromatic heterocycles. The van der Waals surface area contributed by atoms with Gasteiger partial charge in [0.1, 0.15) is 11.8 Å². The Morgan fingerprint density at radius 2 is 1.77 bits per heavy atom. The monoisotopic (exact) mass is 356 g/mol. The molecule has 1 aliphatic rings. The maximum Gasteiger partial charge on any atom is 0.325 e. The molecule has 6 nitrogen and oxygen atoms in total. The van der Waals surface area contributed by atoms with Crippen molar-refractivity contribution < 1.29 is 19.4 Å². The van der Waals surface area contributed by atoms with E-state index in [0.29, 0.717) is 26.2 Å². The zero-order chi connectivity index (χ0) is 18.7. The summed E-state index contributed by atoms with van der Waals surface area (Å²) in [7, 11) is 1.62. The lowest BCUT2D eigenvalue weighted by molar-refractivity contribution is -0.143. The van der Waals surface area contributed by atoms with Crippen molar-refractivity contribution in [1.82, 2.24) is 9.80 Å². The second-order valence-corrected chi connectivity index (χ2v) is 6.61. The Morgan fingerprint density at radius 3 is 2.46 bits per heavy atom. The van der Waals surface area contributed by atoms with E-state index >= 15 is 0 Å². The average molecular weight is 356 g/mol. The van der Waals surface area contributed by atoms with Crippen LogP contribution in [0.3, 0.4) is 0 Å². The highest BCUT2D eigenvalue weighted by Crippen LogP contribution is 2.28. The van der Waals surface area contributed by atoms with Gasteiger partial charge in [0.25, 0.3) is 0 Å². The molecule has 1 amide bonds. The van der Waals surface area contributed by atoms with Crippen LogP contribution in [0, 0.1) is 0 Å². The first kappa shape index (κ1) is 18.2. The summed E-state index contributed by atoms with van der Waals surface area (Å²) in [6.45, 7) is 4.00. The minimum Gasteiger partial charge on any atom is -0.497 e. The quantitative estimate of drug-likeness (QED) is 0.912. The summed E-state index contributed by atoms with van der Waals surface area (Å²) in [5.74, 6) is -0.0515. The maximum absolute atomic E-state index is 12.0. The van der Waals surface area contributed by atoms with E-state index in [1.54, 1.807) is 18.9 Å². The lowest BCUT2D eigenvalue weighted by atomic mass is 10.0. The lowest BCUT2D eigenvalue weighted by Gasteiger charge is -2.28. The SMILES string of the molecule is COc1ccc2cc([C@@H](C(=O)O)N3CCCN(C(C)=O)CC3)ccc2c1. The van der Waals surface area contributed by atoms with Gasteiger partial charge in [-0.3, -0.25) is 14.5 Å². The Balaban J connectivity index is 1.89. The molecule has 1 saturated heterocycles. The summed E-state index contributed by atoms with van der Waals surface area (Å²) in [4.78, 5) is 27.4. The van der Waals surface area contributed by atoms with Gasteiger partial charge in [0, 0.05) is 33.1 Å². The third-order valence-electron chi connectivity index (χ3n) is 4.96. The van der Waals surface area contributed by atoms with Crippen molar-refractivity contribution in [2.75, 3.05) is 33.3 Å². The smallest absolute Gasteiger partial charge is 0.325 e. The first-order valence-corrected chi connectivity index (χ1v) is 8.79. The number of amides is 1. The number of hydrogen-bond donors (Lipinski definition) is 1. The van der Waals surface area contributed by atoms with Crippen molar-refractivity contribution in [1.29, 1.82) is 0 Å². The molecule has 0 spiro atoms. The first-order valence-electron chi connectivity index (χ1n) is 8.79. The van der Waals surface area contributed by atoms with E-state index in [9.17, 15) is 14.7 Å². The Bertz CT molecular complexity index is 821. The van der Waals surface area contributed by atoms with Gasteiger partial charge in [-0.25, -0.2) is 0 Å². The highest BCUT2D eigenvalue weighted by Gasteiger charge is 2.29. The number of fused-ring (bicyclic) bond motifs is 1. The minimum absolute atomic E-state index is 0.0402. The summed E-state index contributed by atoms with van der Waals surface area (Å²) in [5, 5.41) is 11.8. The number of hydrogen-bond acceptors (Lipinski definition) is 4. The molecule has 0 aliphatic carbocycles. The predicted octanol–water partition coefficient (Wildman–Crippen LogP) is 2.53. The largest absolute Gasteiger partial charge is 0.497 e. The molecule has 3 rings (SSSR count). The zero-order valence-corrected chi connectivity index (χ0v) is 15.1. The van der Waals surface area contributed by atoms with Gasteiger partial charge in [-0.2, -0.15) is 0 Å². The van der Waals surface area contributed by atoms with Crippen LogP contribution in [0.4, 0.5) is 0 Å². The Labute approximate surface area is 153 Å². The standard InChI is InChI=1S/C20H24N2O4/c1-14(23)21-8-3-9-22(11-10-21)19(20(24)25)17-5-4-16-13-18(26-2)7-6-15(16)12-17/h4-7,12-13,19H,3,8-11H2,1-2H3,(H,24,25)/t19-/m0/s1. The van der Waals surface area contributed by atoms with Crippen molar-refractivity contribution in [3.05, 3.63) is 42.0 Å². The first-order chi connectivity index (χ1) is 12.5. The Kier molecular flexibility index (Phi) is 5.42. The summed E-state index contributed by atoms with van der Waals surface area (Å²) < 4.78 is 5.24. The fourth-order valence-electron chi connectivity index (χ4n) is 3.56. The lowest BCUT2D eigenvalue weighted by Crippen LogP contribution is -2.38. The molecule has 1 aliphatic heterocycles. The maximum atomic E-state index is 12.0. The van der Waals surface area contributed by atoms with Gasteiger partial charge in [0.15, 0.2) is 0 Å². The molecule has 2 aromatic carbocycles. The van der Waals surface area contributed by atoms with Gasteiger partial charge in [-0.05, 0) is 41.0 Å². The van der Waals surface area contributed by atoms with Crippen LogP contribution in [0.25, 0.3) is 10.8 Å². The number of methoxy groups -OCH3 is 1. The van der Waals surface area contributed by atoms with Crippen LogP contribution in [0.15, 0.2) is 36.4 Å². The van der Waals surface area contributed by atoms with E-state index in [2.05, 4.69) is 0 Å². The third-order valence-corrected chi connectivity index (χ3v) is 4.96. The molecule has 0 bridgehead atoms. The van der Waals surface area contributed by atoms with Crippen molar-refractivity contribution in [3.8, 4) is 5.75 Å². The molecular weight excluding hydrogens is 332 g/mol. The minimum atomic E-state index is -0.867. The van der Waals surface area contributed by atoms with Gasteiger partial charge in [0.05, 0.1) is 7.11 Å². The Morgan fingerprint density at radius 1 is 1.04 bits per heavy atom. The molecule has 1 N–H and O–H groups in total. The van der Waals surface area contributed by atoms with E-state index in [0.717, 1.165) is 28.5 Å². The fourth-order valence-corrected chi connectivity index (χ4v) is 3.56. The van der Waals surface area contributed by atoms with E-state index in [-0.39, 0.29) is 5.91 Å². The summed E-state index contributed by atoms with van der Waals surface area (Å²) in [6.07, 6.45) is 0.772. The van der Waals surface area contributed by atoms with E-state index in [1.807, 2.05) is 41.3 Å². The second kappa shape index (κ2) is 7.74. The summed E-state index contributed by atoms with van der Waals surface area (Å²) in [6, 6.07) is 10.8. The molecule has 0 unspecified atom stereocenters. The van der Waals surface area contributed by atoms with Crippen LogP contribution in [-0.4, -0.2) is 60.1 Å². The highest BCUT2D eigenvalue weighted by atomic mass is 16.5. The van der Waals surface area contributed by atoms with Gasteiger partial charge in [0.2, 0.25) is 5.91 Å². The number of carbonyl (C=O) groups is 2. The van der Waals surface area contributed by atoms with Crippen molar-refractivity contribution in [3.63, 3.8) is 0 Å². The van der Waals surface area contributed by atoms with Crippen LogP contribution in [-0.2, 0) is 9.59 Å². The van der Waals surface area contributed by atoms with Crippen LogP contribution >= 0.6 is 0 Å². The third kappa shape index (κ3) is 3.80. The van der Waals surface area contributed by atoms with Crippen molar-refractivity contribution in [2.24, 2.45) is 0 Å². The number of rotatable bonds is 4. The number of carbonyl (C=O) groups excluding carboxylic acids is 1. The number of nitrogens with zero attached hydrogens (tertiary/aromatic N) is 2. The van der Waals surface area contributed by atoms with Crippen LogP contribution in [0.5, 0.6) is 5.75 Å². The molecule has 0 saturated carbocycles. The molecule has 0 radical (unpaired) electrons. The molecule has 1 fully saturated rings. The molecule has 138 valence electrons. The van der Waals surface area contributed by atoms with Gasteiger partial charge >= 0.3 is 5.97 Å². The van der Waals surface area contributed by atoms with Crippen molar-refractivity contribution >= 4 is 22.6 Å². The average Bonchev–Trinajstić information content (AvgIpc) is 2.87. The summed E-state index contributed by atoms with van der Waals surface area (Å²) >= 11 is 0. The summed E-state index contributed by atoms with van der Waals surface area (Å²) in [5.41, 5.74) is 0.756. The van der Waals surface area contributed by atoms with Crippen molar-refractivity contribution in [2.45, 2.75) is 19.4 Å². The number of carboxylic acids is 1. The van der Waals surface area contributed by atoms with Gasteiger partial charge in [-0.15, -0.1) is 0 Å². The van der Waals surface area contributed by atoms with Crippen LogP contribution in [0.1, 0.15) is 24.9 Å². The number of carboxylic acid groups (broad SMARTS) is 1. The molecule has 26 heavy (non-hydrogen) atoms. The number of aliphatic carboxylic acids is 1. The molecule has 1 atom stereocenters. The van der Waals surface area contributed by atoms with E-state index in [1.165, 1.54) is 0 Å².